The van der Waals surface area contributed by atoms with Gasteiger partial charge in [0, 0.05) is 6.61 Å². The van der Waals surface area contributed by atoms with Gasteiger partial charge in [-0.1, -0.05) is 45.9 Å². The molecule has 1 heteroatoms. The Hall–Kier alpha value is -0.820. The normalized spacial score (nSPS) is 21.4. The molecule has 88 valence electrons. The fourth-order valence-electron chi connectivity index (χ4n) is 2.23. The monoisotopic (exact) mass is 218 g/mol. The minimum absolute atomic E-state index is 0.229. The highest BCUT2D eigenvalue weighted by molar-refractivity contribution is 5.35. The Morgan fingerprint density at radius 3 is 2.62 bits per heavy atom. The van der Waals surface area contributed by atoms with Crippen LogP contribution in [0.4, 0.5) is 0 Å². The van der Waals surface area contributed by atoms with Crippen molar-refractivity contribution in [3.63, 3.8) is 0 Å². The van der Waals surface area contributed by atoms with E-state index in [0.717, 1.165) is 19.6 Å². The molecule has 2 rings (SSSR count). The van der Waals surface area contributed by atoms with Crippen LogP contribution >= 0.6 is 0 Å². The molecule has 1 aliphatic heterocycles. The van der Waals surface area contributed by atoms with E-state index < -0.39 is 0 Å². The van der Waals surface area contributed by atoms with E-state index in [2.05, 4.69) is 45.9 Å². The Labute approximate surface area is 98.8 Å². The van der Waals surface area contributed by atoms with Crippen molar-refractivity contribution in [3.05, 3.63) is 34.9 Å². The van der Waals surface area contributed by atoms with Crippen LogP contribution in [0.5, 0.6) is 0 Å². The molecule has 0 unspecified atom stereocenters. The molecular weight excluding hydrogens is 196 g/mol. The van der Waals surface area contributed by atoms with Gasteiger partial charge in [0.25, 0.3) is 0 Å². The predicted octanol–water partition coefficient (Wildman–Crippen LogP) is 3.69. The van der Waals surface area contributed by atoms with E-state index in [0.29, 0.717) is 5.92 Å². The molecule has 1 heterocycles. The lowest BCUT2D eigenvalue weighted by Gasteiger charge is -2.21. The number of fused-ring (bicyclic) bond motifs is 1. The van der Waals surface area contributed by atoms with E-state index in [1.807, 2.05) is 0 Å². The molecule has 1 aromatic rings. The maximum absolute atomic E-state index is 5.70. The van der Waals surface area contributed by atoms with Gasteiger partial charge in [-0.3, -0.25) is 0 Å². The zero-order chi connectivity index (χ0) is 11.8. The van der Waals surface area contributed by atoms with Gasteiger partial charge in [-0.15, -0.1) is 0 Å². The predicted molar refractivity (Wildman–Crippen MR) is 67.7 cm³/mol. The molecule has 1 aromatic carbocycles. The number of rotatable bonds is 0. The number of ether oxygens (including phenoxy) is 1. The van der Waals surface area contributed by atoms with Gasteiger partial charge >= 0.3 is 0 Å². The van der Waals surface area contributed by atoms with Crippen LogP contribution in [0.2, 0.25) is 0 Å². The Kier molecular flexibility index (Phi) is 3.07. The molecule has 0 saturated heterocycles. The molecule has 1 atom stereocenters. The van der Waals surface area contributed by atoms with Gasteiger partial charge in [-0.05, 0) is 34.4 Å². The van der Waals surface area contributed by atoms with E-state index in [1.54, 1.807) is 0 Å². The minimum atomic E-state index is 0.229. The van der Waals surface area contributed by atoms with Crippen molar-refractivity contribution >= 4 is 0 Å². The van der Waals surface area contributed by atoms with E-state index in [9.17, 15) is 0 Å². The van der Waals surface area contributed by atoms with Crippen LogP contribution in [0.15, 0.2) is 18.2 Å². The number of hydrogen-bond acceptors (Lipinski definition) is 1. The quantitative estimate of drug-likeness (QED) is 0.645. The first-order chi connectivity index (χ1) is 7.47. The molecule has 0 aliphatic carbocycles. The summed E-state index contributed by atoms with van der Waals surface area (Å²) >= 11 is 0. The van der Waals surface area contributed by atoms with Gasteiger partial charge in [-0.2, -0.15) is 0 Å². The van der Waals surface area contributed by atoms with Crippen molar-refractivity contribution in [1.29, 1.82) is 0 Å². The Morgan fingerprint density at radius 2 is 1.94 bits per heavy atom. The smallest absolute Gasteiger partial charge is 0.0719 e. The van der Waals surface area contributed by atoms with Crippen molar-refractivity contribution in [2.75, 3.05) is 6.61 Å². The van der Waals surface area contributed by atoms with Crippen LogP contribution in [-0.2, 0) is 23.2 Å². The van der Waals surface area contributed by atoms with Gasteiger partial charge in [0.15, 0.2) is 0 Å². The van der Waals surface area contributed by atoms with Gasteiger partial charge < -0.3 is 4.74 Å². The van der Waals surface area contributed by atoms with Crippen molar-refractivity contribution in [1.82, 2.24) is 0 Å². The Bertz CT molecular complexity index is 374. The van der Waals surface area contributed by atoms with E-state index in [4.69, 9.17) is 4.74 Å². The lowest BCUT2D eigenvalue weighted by molar-refractivity contribution is 0.100. The Balaban J connectivity index is 2.35. The molecular formula is C15H22O. The van der Waals surface area contributed by atoms with Crippen LogP contribution in [-0.4, -0.2) is 6.61 Å². The molecule has 0 bridgehead atoms. The van der Waals surface area contributed by atoms with Gasteiger partial charge in [0.2, 0.25) is 0 Å². The highest BCUT2D eigenvalue weighted by Crippen LogP contribution is 2.27. The summed E-state index contributed by atoms with van der Waals surface area (Å²) in [5, 5.41) is 0. The fourth-order valence-corrected chi connectivity index (χ4v) is 2.23. The molecule has 1 nitrogen and oxygen atoms in total. The average molecular weight is 218 g/mol. The highest BCUT2D eigenvalue weighted by atomic mass is 16.5. The summed E-state index contributed by atoms with van der Waals surface area (Å²) in [6.45, 7) is 10.7. The van der Waals surface area contributed by atoms with Crippen LogP contribution in [0.25, 0.3) is 0 Å². The third-order valence-electron chi connectivity index (χ3n) is 3.30. The summed E-state index contributed by atoms with van der Waals surface area (Å²) in [5.74, 6) is 0.640. The van der Waals surface area contributed by atoms with E-state index >= 15 is 0 Å². The zero-order valence-corrected chi connectivity index (χ0v) is 10.8. The maximum Gasteiger partial charge on any atom is 0.0719 e. The topological polar surface area (TPSA) is 9.23 Å². The standard InChI is InChI=1S/C15H22O/c1-11-7-12-5-6-14(15(2,3)4)8-13(12)10-16-9-11/h5-6,8,11H,7,9-10H2,1-4H3/t11-/m0/s1. The summed E-state index contributed by atoms with van der Waals surface area (Å²) in [7, 11) is 0. The van der Waals surface area contributed by atoms with Gasteiger partial charge in [0.05, 0.1) is 6.61 Å². The van der Waals surface area contributed by atoms with Crippen LogP contribution in [0, 0.1) is 5.92 Å². The summed E-state index contributed by atoms with van der Waals surface area (Å²) in [5.41, 5.74) is 4.49. The molecule has 16 heavy (non-hydrogen) atoms. The van der Waals surface area contributed by atoms with Crippen molar-refractivity contribution in [2.45, 2.75) is 46.1 Å². The molecule has 0 amide bonds. The lowest BCUT2D eigenvalue weighted by atomic mass is 9.84. The van der Waals surface area contributed by atoms with Crippen molar-refractivity contribution < 1.29 is 4.74 Å². The first-order valence-electron chi connectivity index (χ1n) is 6.17. The highest BCUT2D eigenvalue weighted by Gasteiger charge is 2.18. The summed E-state index contributed by atoms with van der Waals surface area (Å²) in [6, 6.07) is 6.89. The molecule has 0 fully saturated rings. The molecule has 0 spiro atoms. The molecule has 0 N–H and O–H groups in total. The zero-order valence-electron chi connectivity index (χ0n) is 10.8. The van der Waals surface area contributed by atoms with Crippen molar-refractivity contribution in [3.8, 4) is 0 Å². The summed E-state index contributed by atoms with van der Waals surface area (Å²) < 4.78 is 5.70. The summed E-state index contributed by atoms with van der Waals surface area (Å²) in [6.07, 6.45) is 1.15. The second-order valence-corrected chi connectivity index (χ2v) is 6.06. The van der Waals surface area contributed by atoms with Gasteiger partial charge in [-0.25, -0.2) is 0 Å². The van der Waals surface area contributed by atoms with Crippen LogP contribution in [0.1, 0.15) is 44.4 Å². The second-order valence-electron chi connectivity index (χ2n) is 6.06. The van der Waals surface area contributed by atoms with E-state index in [-0.39, 0.29) is 5.41 Å². The molecule has 1 aliphatic rings. The third kappa shape index (κ3) is 2.46. The molecule has 0 saturated carbocycles. The molecule has 0 radical (unpaired) electrons. The first-order valence-corrected chi connectivity index (χ1v) is 6.17. The van der Waals surface area contributed by atoms with E-state index in [1.165, 1.54) is 16.7 Å². The second kappa shape index (κ2) is 4.21. The minimum Gasteiger partial charge on any atom is -0.376 e. The third-order valence-corrected chi connectivity index (χ3v) is 3.30. The average Bonchev–Trinajstić information content (AvgIpc) is 2.35. The Morgan fingerprint density at radius 1 is 1.19 bits per heavy atom. The number of hydrogen-bond donors (Lipinski definition) is 0. The van der Waals surface area contributed by atoms with Gasteiger partial charge in [0.1, 0.15) is 0 Å². The maximum atomic E-state index is 5.70. The fraction of sp³-hybridized carbons (Fsp3) is 0.600. The van der Waals surface area contributed by atoms with Crippen molar-refractivity contribution in [2.24, 2.45) is 5.92 Å². The molecule has 0 aromatic heterocycles. The lowest BCUT2D eigenvalue weighted by Crippen LogP contribution is -2.12. The van der Waals surface area contributed by atoms with Crippen LogP contribution in [0.3, 0.4) is 0 Å². The number of benzene rings is 1. The largest absolute Gasteiger partial charge is 0.376 e. The SMILES string of the molecule is C[C@@H]1COCc2cc(C(C)(C)C)ccc2C1. The first kappa shape index (κ1) is 11.7. The van der Waals surface area contributed by atoms with Crippen LogP contribution < -0.4 is 0 Å². The summed E-state index contributed by atoms with van der Waals surface area (Å²) in [4.78, 5) is 0.